The number of benzene rings is 1. The Kier molecular flexibility index (Phi) is 7.40. The van der Waals surface area contributed by atoms with Gasteiger partial charge in [-0.15, -0.1) is 0 Å². The second-order valence-corrected chi connectivity index (χ2v) is 8.89. The van der Waals surface area contributed by atoms with Gasteiger partial charge in [0.05, 0.1) is 30.0 Å². The van der Waals surface area contributed by atoms with Crippen LogP contribution in [0.3, 0.4) is 0 Å². The number of carbonyl (C=O) groups is 1. The van der Waals surface area contributed by atoms with Crippen molar-refractivity contribution < 1.29 is 24.5 Å². The van der Waals surface area contributed by atoms with Crippen LogP contribution in [0.15, 0.2) is 54.9 Å². The summed E-state index contributed by atoms with van der Waals surface area (Å²) in [5.74, 6) is -0.766. The summed E-state index contributed by atoms with van der Waals surface area (Å²) in [4.78, 5) is 19.8. The van der Waals surface area contributed by atoms with Crippen LogP contribution in [0.25, 0.3) is 28.7 Å². The van der Waals surface area contributed by atoms with Gasteiger partial charge in [-0.3, -0.25) is 9.78 Å². The van der Waals surface area contributed by atoms with Gasteiger partial charge in [-0.05, 0) is 42.5 Å². The third kappa shape index (κ3) is 6.12. The molecule has 2 unspecified atom stereocenters. The van der Waals surface area contributed by atoms with E-state index in [9.17, 15) is 19.4 Å². The normalized spacial score (nSPS) is 13.9. The Morgan fingerprint density at radius 1 is 1.09 bits per heavy atom. The van der Waals surface area contributed by atoms with Crippen molar-refractivity contribution in [2.24, 2.45) is 0 Å². The number of aliphatic hydroxyl groups excluding tert-OH is 2. The Labute approximate surface area is 191 Å². The fraction of sp³-hybridized carbons (Fsp3) is 0.320. The van der Waals surface area contributed by atoms with E-state index in [0.717, 1.165) is 16.8 Å². The minimum absolute atomic E-state index is 0.113. The number of pyridine rings is 1. The van der Waals surface area contributed by atoms with E-state index in [2.05, 4.69) is 4.98 Å². The SMILES string of the molecule is CC(C)(C)c1nc(-c2ccc(F)cc2)c(-c2ccncc2)n1C=CC(O)CC(O)CC(=O)O. The number of imidazole rings is 1. The summed E-state index contributed by atoms with van der Waals surface area (Å²) in [7, 11) is 0. The first-order chi connectivity index (χ1) is 15.6. The predicted octanol–water partition coefficient (Wildman–Crippen LogP) is 4.11. The van der Waals surface area contributed by atoms with E-state index in [-0.39, 0.29) is 17.7 Å². The van der Waals surface area contributed by atoms with Crippen LogP contribution in [-0.2, 0) is 10.2 Å². The third-order valence-corrected chi connectivity index (χ3v) is 5.03. The fourth-order valence-corrected chi connectivity index (χ4v) is 3.53. The molecule has 174 valence electrons. The molecule has 2 heterocycles. The molecule has 0 spiro atoms. The number of hydrogen-bond acceptors (Lipinski definition) is 5. The van der Waals surface area contributed by atoms with Gasteiger partial charge in [-0.2, -0.15) is 0 Å². The highest BCUT2D eigenvalue weighted by molar-refractivity contribution is 5.80. The highest BCUT2D eigenvalue weighted by Gasteiger charge is 2.27. The molecule has 0 aliphatic carbocycles. The van der Waals surface area contributed by atoms with Crippen LogP contribution >= 0.6 is 0 Å². The van der Waals surface area contributed by atoms with E-state index >= 15 is 0 Å². The van der Waals surface area contributed by atoms with Crippen molar-refractivity contribution in [3.8, 4) is 22.5 Å². The number of aromatic nitrogens is 3. The second kappa shape index (κ2) is 10.1. The lowest BCUT2D eigenvalue weighted by atomic mass is 9.95. The molecule has 0 saturated carbocycles. The van der Waals surface area contributed by atoms with Crippen molar-refractivity contribution in [2.75, 3.05) is 0 Å². The zero-order valence-electron chi connectivity index (χ0n) is 18.8. The summed E-state index contributed by atoms with van der Waals surface area (Å²) >= 11 is 0. The van der Waals surface area contributed by atoms with Gasteiger partial charge in [-0.25, -0.2) is 9.37 Å². The van der Waals surface area contributed by atoms with Crippen LogP contribution in [-0.4, -0.2) is 48.0 Å². The van der Waals surface area contributed by atoms with Gasteiger partial charge in [-0.1, -0.05) is 20.8 Å². The Morgan fingerprint density at radius 3 is 2.30 bits per heavy atom. The predicted molar refractivity (Wildman–Crippen MR) is 124 cm³/mol. The van der Waals surface area contributed by atoms with Gasteiger partial charge < -0.3 is 19.9 Å². The first-order valence-electron chi connectivity index (χ1n) is 10.6. The zero-order valence-corrected chi connectivity index (χ0v) is 18.8. The summed E-state index contributed by atoms with van der Waals surface area (Å²) in [5, 5.41) is 29.0. The monoisotopic (exact) mass is 453 g/mol. The van der Waals surface area contributed by atoms with Crippen molar-refractivity contribution in [3.05, 3.63) is 66.5 Å². The first-order valence-corrected chi connectivity index (χ1v) is 10.6. The molecule has 0 radical (unpaired) electrons. The zero-order chi connectivity index (χ0) is 24.2. The molecule has 1 aromatic carbocycles. The van der Waals surface area contributed by atoms with E-state index in [1.165, 1.54) is 18.2 Å². The summed E-state index contributed by atoms with van der Waals surface area (Å²) in [6.45, 7) is 6.03. The number of carboxylic acids is 1. The molecule has 0 aliphatic rings. The number of halogens is 1. The van der Waals surface area contributed by atoms with E-state index in [1.807, 2.05) is 37.5 Å². The van der Waals surface area contributed by atoms with E-state index < -0.39 is 24.6 Å². The number of aliphatic hydroxyl groups is 2. The van der Waals surface area contributed by atoms with Crippen LogP contribution < -0.4 is 0 Å². The van der Waals surface area contributed by atoms with Crippen molar-refractivity contribution in [2.45, 2.75) is 51.2 Å². The fourth-order valence-electron chi connectivity index (χ4n) is 3.53. The number of rotatable bonds is 8. The molecule has 0 saturated heterocycles. The molecule has 0 aliphatic heterocycles. The van der Waals surface area contributed by atoms with Crippen molar-refractivity contribution in [3.63, 3.8) is 0 Å². The van der Waals surface area contributed by atoms with E-state index in [4.69, 9.17) is 10.1 Å². The maximum absolute atomic E-state index is 13.6. The van der Waals surface area contributed by atoms with Crippen molar-refractivity contribution >= 4 is 12.2 Å². The smallest absolute Gasteiger partial charge is 0.305 e. The van der Waals surface area contributed by atoms with E-state index in [0.29, 0.717) is 11.5 Å². The quantitative estimate of drug-likeness (QED) is 0.474. The molecule has 3 rings (SSSR count). The van der Waals surface area contributed by atoms with Crippen molar-refractivity contribution in [1.82, 2.24) is 14.5 Å². The summed E-state index contributed by atoms with van der Waals surface area (Å²) in [6, 6.07) is 9.78. The molecule has 2 atom stereocenters. The standard InChI is InChI=1S/C25H28FN3O4/c1-25(2,3)24-28-22(16-4-6-18(26)7-5-16)23(17-8-11-27-12-9-17)29(24)13-10-19(30)14-20(31)15-21(32)33/h4-13,19-20,30-31H,14-15H2,1-3H3,(H,32,33). The highest BCUT2D eigenvalue weighted by atomic mass is 19.1. The molecular weight excluding hydrogens is 425 g/mol. The van der Waals surface area contributed by atoms with Crippen LogP contribution in [0.5, 0.6) is 0 Å². The molecule has 3 aromatic rings. The largest absolute Gasteiger partial charge is 0.481 e. The molecule has 2 aromatic heterocycles. The Bertz CT molecular complexity index is 1120. The summed E-state index contributed by atoms with van der Waals surface area (Å²) in [5.41, 5.74) is 2.58. The van der Waals surface area contributed by atoms with Crippen LogP contribution in [0.2, 0.25) is 0 Å². The van der Waals surface area contributed by atoms with Gasteiger partial charge in [0.1, 0.15) is 11.6 Å². The highest BCUT2D eigenvalue weighted by Crippen LogP contribution is 2.36. The molecular formula is C25H28FN3O4. The minimum atomic E-state index is -1.17. The Balaban J connectivity index is 2.12. The second-order valence-electron chi connectivity index (χ2n) is 8.89. The van der Waals surface area contributed by atoms with Gasteiger partial charge in [0.25, 0.3) is 0 Å². The molecule has 0 fully saturated rings. The number of hydrogen-bond donors (Lipinski definition) is 3. The van der Waals surface area contributed by atoms with Crippen LogP contribution in [0.4, 0.5) is 4.39 Å². The summed E-state index contributed by atoms with van der Waals surface area (Å²) < 4.78 is 15.4. The van der Waals surface area contributed by atoms with Gasteiger partial charge >= 0.3 is 5.97 Å². The number of carboxylic acid groups (broad SMARTS) is 1. The lowest BCUT2D eigenvalue weighted by Gasteiger charge is -2.19. The summed E-state index contributed by atoms with van der Waals surface area (Å²) in [6.07, 6.45) is 3.72. The third-order valence-electron chi connectivity index (χ3n) is 5.03. The molecule has 7 nitrogen and oxygen atoms in total. The van der Waals surface area contributed by atoms with Crippen LogP contribution in [0, 0.1) is 5.82 Å². The molecule has 0 amide bonds. The van der Waals surface area contributed by atoms with Crippen molar-refractivity contribution in [1.29, 1.82) is 0 Å². The Morgan fingerprint density at radius 2 is 1.73 bits per heavy atom. The van der Waals surface area contributed by atoms with Gasteiger partial charge in [0, 0.05) is 41.6 Å². The van der Waals surface area contributed by atoms with Gasteiger partial charge in [0.15, 0.2) is 0 Å². The Hall–Kier alpha value is -3.36. The topological polar surface area (TPSA) is 108 Å². The molecule has 3 N–H and O–H groups in total. The number of nitrogens with zero attached hydrogens (tertiary/aromatic N) is 3. The minimum Gasteiger partial charge on any atom is -0.481 e. The average molecular weight is 454 g/mol. The van der Waals surface area contributed by atoms with Gasteiger partial charge in [0.2, 0.25) is 0 Å². The first kappa shape index (κ1) is 24.3. The molecule has 8 heteroatoms. The number of aliphatic carboxylic acids is 1. The maximum Gasteiger partial charge on any atom is 0.305 e. The lowest BCUT2D eigenvalue weighted by molar-refractivity contribution is -0.139. The van der Waals surface area contributed by atoms with E-state index in [1.54, 1.807) is 30.7 Å². The maximum atomic E-state index is 13.6. The average Bonchev–Trinajstić information content (AvgIpc) is 3.13. The van der Waals surface area contributed by atoms with Crippen LogP contribution in [0.1, 0.15) is 39.4 Å². The molecule has 33 heavy (non-hydrogen) atoms. The lowest BCUT2D eigenvalue weighted by Crippen LogP contribution is -2.20. The molecule has 0 bridgehead atoms.